The zero-order chi connectivity index (χ0) is 23.3. The second kappa shape index (κ2) is 9.61. The molecule has 166 valence electrons. The van der Waals surface area contributed by atoms with Crippen LogP contribution in [0, 0.1) is 12.7 Å². The van der Waals surface area contributed by atoms with Gasteiger partial charge in [-0.15, -0.1) is 0 Å². The Morgan fingerprint density at radius 3 is 2.53 bits per heavy atom. The molecule has 2 N–H and O–H groups in total. The van der Waals surface area contributed by atoms with Gasteiger partial charge >= 0.3 is 0 Å². The summed E-state index contributed by atoms with van der Waals surface area (Å²) in [7, 11) is -2.58. The van der Waals surface area contributed by atoms with Gasteiger partial charge in [-0.3, -0.25) is 9.79 Å². The smallest absolute Gasteiger partial charge is 0.267 e. The highest BCUT2D eigenvalue weighted by molar-refractivity contribution is 7.91. The number of nitrogens with one attached hydrogen (secondary N) is 2. The Morgan fingerprint density at radius 2 is 1.88 bits per heavy atom. The summed E-state index contributed by atoms with van der Waals surface area (Å²) in [6, 6.07) is 11.2. The number of carbonyl (C=O) groups is 1. The van der Waals surface area contributed by atoms with Gasteiger partial charge in [0.15, 0.2) is 11.6 Å². The molecule has 0 aliphatic rings. The fourth-order valence-corrected chi connectivity index (χ4v) is 4.28. The zero-order valence-electron chi connectivity index (χ0n) is 17.6. The quantitative estimate of drug-likeness (QED) is 0.397. The number of benzene rings is 2. The van der Waals surface area contributed by atoms with Gasteiger partial charge in [-0.2, -0.15) is 0 Å². The average molecular weight is 456 g/mol. The number of aliphatic imine (C=N–C) groups is 1. The number of ether oxygens (including phenoxy) is 1. The monoisotopic (exact) mass is 455 g/mol. The van der Waals surface area contributed by atoms with Crippen LogP contribution in [0.5, 0.6) is 5.75 Å². The van der Waals surface area contributed by atoms with Crippen LogP contribution in [-0.4, -0.2) is 33.1 Å². The van der Waals surface area contributed by atoms with Crippen LogP contribution in [0.4, 0.5) is 4.39 Å². The highest BCUT2D eigenvalue weighted by Crippen LogP contribution is 2.26. The fourth-order valence-electron chi connectivity index (χ4n) is 3.00. The van der Waals surface area contributed by atoms with Crippen molar-refractivity contribution in [3.8, 4) is 5.75 Å². The van der Waals surface area contributed by atoms with E-state index in [1.807, 2.05) is 6.92 Å². The van der Waals surface area contributed by atoms with E-state index in [9.17, 15) is 17.6 Å². The average Bonchev–Trinajstić information content (AvgIpc) is 3.17. The summed E-state index contributed by atoms with van der Waals surface area (Å²) in [6.07, 6.45) is 3.24. The molecule has 0 fully saturated rings. The topological polar surface area (TPSA) is 101 Å². The molecule has 1 amide bonds. The molecule has 9 heteroatoms. The van der Waals surface area contributed by atoms with Crippen LogP contribution < -0.4 is 10.1 Å². The van der Waals surface area contributed by atoms with Gasteiger partial charge in [0.2, 0.25) is 9.84 Å². The number of sulfone groups is 1. The lowest BCUT2D eigenvalue weighted by atomic mass is 10.2. The summed E-state index contributed by atoms with van der Waals surface area (Å²) in [5.41, 5.74) is 2.76. The van der Waals surface area contributed by atoms with Crippen molar-refractivity contribution < 1.29 is 22.3 Å². The number of aromatic amines is 1. The van der Waals surface area contributed by atoms with Crippen LogP contribution in [0.3, 0.4) is 0 Å². The van der Waals surface area contributed by atoms with Gasteiger partial charge in [-0.25, -0.2) is 12.8 Å². The number of H-pyrrole nitrogens is 1. The Morgan fingerprint density at radius 1 is 1.19 bits per heavy atom. The van der Waals surface area contributed by atoms with E-state index in [4.69, 9.17) is 4.74 Å². The number of aromatic nitrogens is 1. The number of hydrogen-bond acceptors (Lipinski definition) is 5. The van der Waals surface area contributed by atoms with Gasteiger partial charge in [0, 0.05) is 24.5 Å². The van der Waals surface area contributed by atoms with Crippen molar-refractivity contribution in [2.24, 2.45) is 4.99 Å². The summed E-state index contributed by atoms with van der Waals surface area (Å²) < 4.78 is 44.1. The summed E-state index contributed by atoms with van der Waals surface area (Å²) in [5, 5.41) is 2.79. The summed E-state index contributed by atoms with van der Waals surface area (Å²) in [5.74, 6) is -1.09. The summed E-state index contributed by atoms with van der Waals surface area (Å²) >= 11 is 0. The molecule has 1 aromatic heterocycles. The Labute approximate surface area is 185 Å². The first-order valence-corrected chi connectivity index (χ1v) is 11.0. The molecule has 0 aliphatic carbocycles. The second-order valence-corrected chi connectivity index (χ2v) is 8.85. The molecule has 0 saturated carbocycles. The largest absolute Gasteiger partial charge is 0.494 e. The van der Waals surface area contributed by atoms with Gasteiger partial charge in [-0.1, -0.05) is 12.1 Å². The Kier molecular flexibility index (Phi) is 6.89. The third kappa shape index (κ3) is 4.94. The van der Waals surface area contributed by atoms with Crippen molar-refractivity contribution in [3.63, 3.8) is 0 Å². The van der Waals surface area contributed by atoms with Crippen LogP contribution in [0.25, 0.3) is 6.08 Å². The summed E-state index contributed by atoms with van der Waals surface area (Å²) in [4.78, 5) is 19.0. The van der Waals surface area contributed by atoms with Crippen molar-refractivity contribution in [2.45, 2.75) is 23.3 Å². The predicted molar refractivity (Wildman–Crippen MR) is 120 cm³/mol. The lowest BCUT2D eigenvalue weighted by molar-refractivity contribution is 0.0946. The highest BCUT2D eigenvalue weighted by atomic mass is 32.2. The number of methoxy groups -OCH3 is 1. The lowest BCUT2D eigenvalue weighted by Gasteiger charge is -2.09. The Balaban J connectivity index is 1.70. The van der Waals surface area contributed by atoms with Crippen molar-refractivity contribution in [3.05, 3.63) is 83.1 Å². The second-order valence-electron chi connectivity index (χ2n) is 6.90. The normalized spacial score (nSPS) is 11.5. The number of amides is 1. The molecule has 3 aromatic rings. The molecule has 0 bridgehead atoms. The van der Waals surface area contributed by atoms with Gasteiger partial charge in [-0.05, 0) is 61.2 Å². The Hall–Kier alpha value is -3.72. The van der Waals surface area contributed by atoms with Crippen molar-refractivity contribution in [1.29, 1.82) is 0 Å². The van der Waals surface area contributed by atoms with Gasteiger partial charge in [0.25, 0.3) is 5.91 Å². The third-order valence-corrected chi connectivity index (χ3v) is 6.53. The molecule has 2 aromatic carbocycles. The molecular formula is C23H22FN3O4S. The predicted octanol–water partition coefficient (Wildman–Crippen LogP) is 3.90. The lowest BCUT2D eigenvalue weighted by Crippen LogP contribution is -2.23. The maximum atomic E-state index is 13.6. The first-order valence-electron chi connectivity index (χ1n) is 9.54. The maximum absolute atomic E-state index is 13.6. The first-order chi connectivity index (χ1) is 15.3. The SMILES string of the molecule is C=N/C=C\c1[nH]c(C(=O)NCc2ccc(S(=O)(=O)c3ccc(F)c(OC)c3)cc2)cc1C. The molecule has 1 heterocycles. The molecule has 7 nitrogen and oxygen atoms in total. The van der Waals surface area contributed by atoms with Crippen LogP contribution in [-0.2, 0) is 16.4 Å². The highest BCUT2D eigenvalue weighted by Gasteiger charge is 2.20. The number of carbonyl (C=O) groups excluding carboxylic acids is 1. The summed E-state index contributed by atoms with van der Waals surface area (Å²) in [6.45, 7) is 5.45. The maximum Gasteiger partial charge on any atom is 0.267 e. The minimum absolute atomic E-state index is 0.0495. The number of nitrogens with zero attached hydrogens (tertiary/aromatic N) is 1. The van der Waals surface area contributed by atoms with Gasteiger partial charge in [0.1, 0.15) is 5.69 Å². The van der Waals surface area contributed by atoms with E-state index in [2.05, 4.69) is 22.0 Å². The van der Waals surface area contributed by atoms with E-state index in [-0.39, 0.29) is 28.0 Å². The molecule has 0 aliphatic heterocycles. The molecular weight excluding hydrogens is 433 g/mol. The molecule has 0 atom stereocenters. The fraction of sp³-hybridized carbons (Fsp3) is 0.130. The van der Waals surface area contributed by atoms with Crippen LogP contribution in [0.15, 0.2) is 69.5 Å². The third-order valence-electron chi connectivity index (χ3n) is 4.77. The molecule has 0 radical (unpaired) electrons. The Bertz CT molecular complexity index is 1280. The van der Waals surface area contributed by atoms with Gasteiger partial charge < -0.3 is 15.0 Å². The van der Waals surface area contributed by atoms with Gasteiger partial charge in [0.05, 0.1) is 16.9 Å². The first kappa shape index (κ1) is 23.0. The van der Waals surface area contributed by atoms with Crippen molar-refractivity contribution in [1.82, 2.24) is 10.3 Å². The van der Waals surface area contributed by atoms with Crippen LogP contribution >= 0.6 is 0 Å². The van der Waals surface area contributed by atoms with E-state index in [0.717, 1.165) is 23.4 Å². The zero-order valence-corrected chi connectivity index (χ0v) is 18.4. The molecule has 32 heavy (non-hydrogen) atoms. The van der Waals surface area contributed by atoms with Crippen LogP contribution in [0.1, 0.15) is 27.3 Å². The number of aryl methyl sites for hydroxylation is 1. The van der Waals surface area contributed by atoms with E-state index >= 15 is 0 Å². The van der Waals surface area contributed by atoms with Crippen LogP contribution in [0.2, 0.25) is 0 Å². The number of halogens is 1. The molecule has 0 saturated heterocycles. The number of hydrogen-bond donors (Lipinski definition) is 2. The van der Waals surface area contributed by atoms with E-state index < -0.39 is 15.7 Å². The number of rotatable bonds is 8. The van der Waals surface area contributed by atoms with E-state index in [1.54, 1.807) is 24.3 Å². The standard InChI is InChI=1S/C23H22FN3O4S/c1-15-12-21(27-20(15)10-11-25-2)23(28)26-14-16-4-6-17(7-5-16)32(29,30)18-8-9-19(24)22(13-18)31-3/h4-13,27H,2,14H2,1,3H3,(H,26,28)/b11-10-. The minimum Gasteiger partial charge on any atom is -0.494 e. The molecule has 3 rings (SSSR count). The van der Waals surface area contributed by atoms with E-state index in [0.29, 0.717) is 11.3 Å². The molecule has 0 spiro atoms. The molecule has 0 unspecified atom stereocenters. The minimum atomic E-state index is -3.85. The van der Waals surface area contributed by atoms with Crippen molar-refractivity contribution >= 4 is 28.5 Å². The van der Waals surface area contributed by atoms with Crippen molar-refractivity contribution in [2.75, 3.05) is 7.11 Å². The van der Waals surface area contributed by atoms with E-state index in [1.165, 1.54) is 31.5 Å².